The Hall–Kier alpha value is -1.44. The minimum atomic E-state index is 1.15. The van der Waals surface area contributed by atoms with Crippen LogP contribution in [0.5, 0.6) is 0 Å². The van der Waals surface area contributed by atoms with Gasteiger partial charge in [-0.3, -0.25) is 0 Å². The number of benzene rings is 1. The van der Waals surface area contributed by atoms with Gasteiger partial charge in [0.05, 0.1) is 6.54 Å². The number of aromatic amines is 1. The lowest BCUT2D eigenvalue weighted by Crippen LogP contribution is -2.13. The van der Waals surface area contributed by atoms with Crippen LogP contribution in [0.4, 0.5) is 5.82 Å². The smallest absolute Gasteiger partial charge is 0.107 e. The number of nitrogens with one attached hydrogen (secondary N) is 1. The fraction of sp³-hybridized carbons (Fsp3) is 0.250. The molecule has 0 aliphatic carbocycles. The van der Waals surface area contributed by atoms with Gasteiger partial charge in [-0.1, -0.05) is 18.2 Å². The Morgan fingerprint density at radius 3 is 2.93 bits per heavy atom. The third kappa shape index (κ3) is 1.18. The van der Waals surface area contributed by atoms with E-state index in [1.807, 2.05) is 0 Å². The zero-order chi connectivity index (χ0) is 9.38. The highest BCUT2D eigenvalue weighted by Gasteiger charge is 2.14. The van der Waals surface area contributed by atoms with E-state index in [1.54, 1.807) is 0 Å². The summed E-state index contributed by atoms with van der Waals surface area (Å²) in [5, 5.41) is 1.29. The molecule has 0 amide bonds. The molecular weight excluding hydrogens is 172 g/mol. The van der Waals surface area contributed by atoms with Gasteiger partial charge in [0.25, 0.3) is 0 Å². The molecule has 0 saturated carbocycles. The maximum absolute atomic E-state index is 3.43. The highest BCUT2D eigenvalue weighted by Crippen LogP contribution is 2.25. The van der Waals surface area contributed by atoms with Gasteiger partial charge in [0, 0.05) is 17.4 Å². The minimum Gasteiger partial charge on any atom is -0.353 e. The average Bonchev–Trinajstić information content (AvgIpc) is 2.86. The van der Waals surface area contributed by atoms with Gasteiger partial charge in [0.15, 0.2) is 0 Å². The summed E-state index contributed by atoms with van der Waals surface area (Å²) in [7, 11) is 0. The second kappa shape index (κ2) is 3.05. The summed E-state index contributed by atoms with van der Waals surface area (Å²) in [6.07, 6.45) is 2.48. The molecule has 1 aromatic heterocycles. The minimum absolute atomic E-state index is 1.15. The summed E-state index contributed by atoms with van der Waals surface area (Å²) in [6, 6.07) is 10.6. The van der Waals surface area contributed by atoms with Crippen LogP contribution in [0.1, 0.15) is 12.8 Å². The molecule has 14 heavy (non-hydrogen) atoms. The van der Waals surface area contributed by atoms with Crippen molar-refractivity contribution in [2.45, 2.75) is 12.8 Å². The van der Waals surface area contributed by atoms with Crippen LogP contribution in [0.15, 0.2) is 30.3 Å². The SMILES string of the molecule is [CH]1CCCN1c1cc2ccccc2[nH]1. The van der Waals surface area contributed by atoms with Crippen LogP contribution in [0.2, 0.25) is 0 Å². The fourth-order valence-corrected chi connectivity index (χ4v) is 2.03. The number of aromatic nitrogens is 1. The molecular formula is C12H13N2. The van der Waals surface area contributed by atoms with E-state index >= 15 is 0 Å². The molecule has 2 aromatic rings. The van der Waals surface area contributed by atoms with E-state index in [0.29, 0.717) is 0 Å². The van der Waals surface area contributed by atoms with Crippen molar-refractivity contribution in [3.8, 4) is 0 Å². The summed E-state index contributed by atoms with van der Waals surface area (Å²) < 4.78 is 0. The van der Waals surface area contributed by atoms with E-state index in [1.165, 1.54) is 29.6 Å². The maximum Gasteiger partial charge on any atom is 0.107 e. The lowest BCUT2D eigenvalue weighted by molar-refractivity contribution is 0.949. The quantitative estimate of drug-likeness (QED) is 0.723. The Bertz CT molecular complexity index is 405. The van der Waals surface area contributed by atoms with E-state index in [0.717, 1.165) is 6.54 Å². The number of hydrogen-bond donors (Lipinski definition) is 1. The number of H-pyrrole nitrogens is 1. The molecule has 1 aromatic carbocycles. The fourth-order valence-electron chi connectivity index (χ4n) is 2.03. The van der Waals surface area contributed by atoms with Crippen molar-refractivity contribution in [2.24, 2.45) is 0 Å². The number of fused-ring (bicyclic) bond motifs is 1. The van der Waals surface area contributed by atoms with Crippen LogP contribution in [0.3, 0.4) is 0 Å². The molecule has 2 nitrogen and oxygen atoms in total. The molecule has 2 heteroatoms. The third-order valence-corrected chi connectivity index (χ3v) is 2.78. The van der Waals surface area contributed by atoms with Crippen molar-refractivity contribution >= 4 is 16.7 Å². The van der Waals surface area contributed by atoms with E-state index < -0.39 is 0 Å². The molecule has 71 valence electrons. The monoisotopic (exact) mass is 185 g/mol. The molecule has 0 bridgehead atoms. The summed E-state index contributed by atoms with van der Waals surface area (Å²) >= 11 is 0. The van der Waals surface area contributed by atoms with Crippen molar-refractivity contribution in [3.63, 3.8) is 0 Å². The zero-order valence-electron chi connectivity index (χ0n) is 8.03. The molecule has 1 radical (unpaired) electrons. The van der Waals surface area contributed by atoms with Crippen LogP contribution in [-0.2, 0) is 0 Å². The lowest BCUT2D eigenvalue weighted by Gasteiger charge is -2.13. The van der Waals surface area contributed by atoms with E-state index in [2.05, 4.69) is 46.8 Å². The molecule has 3 rings (SSSR count). The molecule has 1 fully saturated rings. The van der Waals surface area contributed by atoms with E-state index in [9.17, 15) is 0 Å². The number of rotatable bonds is 1. The Labute approximate surface area is 83.5 Å². The van der Waals surface area contributed by atoms with Crippen LogP contribution in [0, 0.1) is 6.54 Å². The summed E-state index contributed by atoms with van der Waals surface area (Å²) in [6.45, 7) is 3.41. The number of para-hydroxylation sites is 1. The molecule has 0 atom stereocenters. The van der Waals surface area contributed by atoms with Crippen molar-refractivity contribution < 1.29 is 0 Å². The van der Waals surface area contributed by atoms with Gasteiger partial charge in [-0.05, 0) is 25.0 Å². The largest absolute Gasteiger partial charge is 0.353 e. The van der Waals surface area contributed by atoms with Gasteiger partial charge < -0.3 is 9.88 Å². The maximum atomic E-state index is 3.43. The van der Waals surface area contributed by atoms with Gasteiger partial charge in [-0.25, -0.2) is 0 Å². The average molecular weight is 185 g/mol. The first-order valence-corrected chi connectivity index (χ1v) is 5.11. The first kappa shape index (κ1) is 7.92. The predicted octanol–water partition coefficient (Wildman–Crippen LogP) is 2.93. The second-order valence-electron chi connectivity index (χ2n) is 3.76. The molecule has 1 aliphatic heterocycles. The Morgan fingerprint density at radius 2 is 2.14 bits per heavy atom. The number of nitrogens with zero attached hydrogens (tertiary/aromatic N) is 1. The summed E-state index contributed by atoms with van der Waals surface area (Å²) in [5.41, 5.74) is 1.22. The molecule has 1 aliphatic rings. The zero-order valence-corrected chi connectivity index (χ0v) is 8.03. The summed E-state index contributed by atoms with van der Waals surface area (Å²) in [4.78, 5) is 5.74. The lowest BCUT2D eigenvalue weighted by atomic mass is 10.2. The van der Waals surface area contributed by atoms with Crippen LogP contribution in [0.25, 0.3) is 10.9 Å². The number of hydrogen-bond acceptors (Lipinski definition) is 1. The summed E-state index contributed by atoms with van der Waals surface area (Å²) in [5.74, 6) is 1.23. The Morgan fingerprint density at radius 1 is 1.21 bits per heavy atom. The molecule has 0 spiro atoms. The first-order chi connectivity index (χ1) is 6.93. The van der Waals surface area contributed by atoms with Crippen molar-refractivity contribution in [1.29, 1.82) is 0 Å². The van der Waals surface area contributed by atoms with E-state index in [4.69, 9.17) is 0 Å². The van der Waals surface area contributed by atoms with Crippen LogP contribution >= 0.6 is 0 Å². The Kier molecular flexibility index (Phi) is 1.72. The van der Waals surface area contributed by atoms with Crippen LogP contribution < -0.4 is 4.90 Å². The standard InChI is InChI=1S/C12H13N2/c1-2-6-11-10(5-1)9-12(13-11)14-7-3-4-8-14/h1-2,5-7,9,13H,3-4,8H2. The van der Waals surface area contributed by atoms with E-state index in [-0.39, 0.29) is 0 Å². The first-order valence-electron chi connectivity index (χ1n) is 5.11. The number of anilines is 1. The molecule has 1 N–H and O–H groups in total. The molecule has 0 unspecified atom stereocenters. The van der Waals surface area contributed by atoms with Crippen molar-refractivity contribution in [2.75, 3.05) is 11.4 Å². The van der Waals surface area contributed by atoms with Crippen LogP contribution in [-0.4, -0.2) is 11.5 Å². The highest BCUT2D eigenvalue weighted by atomic mass is 15.2. The second-order valence-corrected chi connectivity index (χ2v) is 3.76. The topological polar surface area (TPSA) is 19.0 Å². The molecule has 2 heterocycles. The van der Waals surface area contributed by atoms with Gasteiger partial charge in [-0.15, -0.1) is 0 Å². The Balaban J connectivity index is 2.05. The van der Waals surface area contributed by atoms with Gasteiger partial charge >= 0.3 is 0 Å². The van der Waals surface area contributed by atoms with Crippen molar-refractivity contribution in [1.82, 2.24) is 4.98 Å². The van der Waals surface area contributed by atoms with Gasteiger partial charge in [0.1, 0.15) is 5.82 Å². The normalized spacial score (nSPS) is 16.7. The molecule has 1 saturated heterocycles. The van der Waals surface area contributed by atoms with Gasteiger partial charge in [0.2, 0.25) is 0 Å². The highest BCUT2D eigenvalue weighted by molar-refractivity contribution is 5.84. The van der Waals surface area contributed by atoms with Gasteiger partial charge in [-0.2, -0.15) is 0 Å². The van der Waals surface area contributed by atoms with Crippen molar-refractivity contribution in [3.05, 3.63) is 36.9 Å². The third-order valence-electron chi connectivity index (χ3n) is 2.78. The predicted molar refractivity (Wildman–Crippen MR) is 59.2 cm³/mol.